The zero-order valence-corrected chi connectivity index (χ0v) is 9.99. The normalized spacial score (nSPS) is 11.5. The van der Waals surface area contributed by atoms with Gasteiger partial charge in [-0.05, 0) is 12.1 Å². The second-order valence-electron chi connectivity index (χ2n) is 3.67. The van der Waals surface area contributed by atoms with Crippen molar-refractivity contribution < 1.29 is 26.4 Å². The Balaban J connectivity index is 3.06. The van der Waals surface area contributed by atoms with E-state index in [1.54, 1.807) is 13.8 Å². The number of halogens is 1. The first-order valence-electron chi connectivity index (χ1n) is 4.72. The Morgan fingerprint density at radius 2 is 2.00 bits per heavy atom. The Hall–Kier alpha value is -1.63. The first-order valence-corrected chi connectivity index (χ1v) is 6.03. The van der Waals surface area contributed by atoms with Gasteiger partial charge >= 0.3 is 10.5 Å². The van der Waals surface area contributed by atoms with E-state index >= 15 is 0 Å². The molecule has 0 amide bonds. The minimum absolute atomic E-state index is 0.0311. The van der Waals surface area contributed by atoms with Gasteiger partial charge in [0.15, 0.2) is 5.78 Å². The summed E-state index contributed by atoms with van der Waals surface area (Å²) in [6, 6.07) is 3.14. The topological polar surface area (TPSA) is 80.7 Å². The van der Waals surface area contributed by atoms with Crippen LogP contribution >= 0.6 is 0 Å². The molecule has 0 unspecified atom stereocenters. The maximum Gasteiger partial charge on any atom is 0.488 e. The first-order chi connectivity index (χ1) is 7.70. The lowest BCUT2D eigenvalue weighted by Crippen LogP contribution is -2.08. The fourth-order valence-electron chi connectivity index (χ4n) is 1.20. The molecule has 0 spiro atoms. The van der Waals surface area contributed by atoms with Gasteiger partial charge in [-0.3, -0.25) is 4.79 Å². The summed E-state index contributed by atoms with van der Waals surface area (Å²) in [5, 5.41) is 9.49. The molecule has 0 aromatic heterocycles. The van der Waals surface area contributed by atoms with Crippen molar-refractivity contribution in [2.45, 2.75) is 13.8 Å². The second kappa shape index (κ2) is 4.70. The summed E-state index contributed by atoms with van der Waals surface area (Å²) >= 11 is 0. The summed E-state index contributed by atoms with van der Waals surface area (Å²) in [5.74, 6) is -1.48. The van der Waals surface area contributed by atoms with Crippen LogP contribution in [0.15, 0.2) is 18.2 Å². The van der Waals surface area contributed by atoms with E-state index in [2.05, 4.69) is 4.18 Å². The van der Waals surface area contributed by atoms with Crippen molar-refractivity contribution >= 4 is 16.3 Å². The highest BCUT2D eigenvalue weighted by molar-refractivity contribution is 7.81. The van der Waals surface area contributed by atoms with Crippen LogP contribution in [-0.4, -0.2) is 19.3 Å². The van der Waals surface area contributed by atoms with Gasteiger partial charge in [0.25, 0.3) is 0 Å². The molecule has 17 heavy (non-hydrogen) atoms. The molecule has 1 aromatic carbocycles. The van der Waals surface area contributed by atoms with E-state index in [0.29, 0.717) is 0 Å². The fourth-order valence-corrected chi connectivity index (χ4v) is 1.53. The summed E-state index contributed by atoms with van der Waals surface area (Å²) < 4.78 is 36.5. The zero-order valence-electron chi connectivity index (χ0n) is 9.18. The minimum atomic E-state index is -5.14. The van der Waals surface area contributed by atoms with Crippen molar-refractivity contribution in [1.82, 2.24) is 0 Å². The Morgan fingerprint density at radius 1 is 1.41 bits per heavy atom. The number of ketones is 1. The number of aromatic hydroxyl groups is 1. The number of Topliss-reactive ketones (excluding diaryl/α,β-unsaturated/α-hetero) is 1. The highest BCUT2D eigenvalue weighted by Crippen LogP contribution is 2.26. The van der Waals surface area contributed by atoms with E-state index in [-0.39, 0.29) is 17.3 Å². The Bertz CT molecular complexity index is 536. The molecule has 7 heteroatoms. The van der Waals surface area contributed by atoms with Gasteiger partial charge in [0, 0.05) is 12.0 Å². The Kier molecular flexibility index (Phi) is 3.72. The molecule has 0 aliphatic rings. The van der Waals surface area contributed by atoms with E-state index < -0.39 is 22.0 Å². The van der Waals surface area contributed by atoms with E-state index in [1.165, 1.54) is 6.07 Å². The van der Waals surface area contributed by atoms with Gasteiger partial charge in [-0.25, -0.2) is 0 Å². The molecule has 0 saturated carbocycles. The van der Waals surface area contributed by atoms with E-state index in [9.17, 15) is 22.2 Å². The summed E-state index contributed by atoms with van der Waals surface area (Å²) in [7, 11) is -5.14. The Labute approximate surface area is 98.3 Å². The molecule has 0 heterocycles. The smallest absolute Gasteiger partial charge is 0.488 e. The number of phenols is 1. The lowest BCUT2D eigenvalue weighted by atomic mass is 10.0. The van der Waals surface area contributed by atoms with Crippen LogP contribution in [0.4, 0.5) is 3.89 Å². The third kappa shape index (κ3) is 3.70. The number of carbonyl (C=O) groups excluding carboxylic acids is 1. The minimum Gasteiger partial charge on any atom is -0.507 e. The molecule has 0 fully saturated rings. The number of benzene rings is 1. The molecule has 1 rings (SSSR count). The SMILES string of the molecule is CC(C)C(=O)c1ccc(OS(=O)(=O)F)cc1O. The molecule has 0 atom stereocenters. The second-order valence-corrected chi connectivity index (χ2v) is 4.63. The molecule has 5 nitrogen and oxygen atoms in total. The molecule has 1 N–H and O–H groups in total. The van der Waals surface area contributed by atoms with Crippen molar-refractivity contribution in [3.05, 3.63) is 23.8 Å². The zero-order chi connectivity index (χ0) is 13.2. The van der Waals surface area contributed by atoms with Crippen molar-refractivity contribution in [2.75, 3.05) is 0 Å². The summed E-state index contributed by atoms with van der Waals surface area (Å²) in [5.41, 5.74) is 0.0311. The van der Waals surface area contributed by atoms with Crippen molar-refractivity contribution in [3.8, 4) is 11.5 Å². The molecular formula is C10H11FO5S. The van der Waals surface area contributed by atoms with Crippen LogP contribution in [-0.2, 0) is 10.5 Å². The predicted octanol–water partition coefficient (Wildman–Crippen LogP) is 1.82. The predicted molar refractivity (Wildman–Crippen MR) is 57.9 cm³/mol. The van der Waals surface area contributed by atoms with Gasteiger partial charge in [-0.1, -0.05) is 17.7 Å². The van der Waals surface area contributed by atoms with E-state index in [1.807, 2.05) is 0 Å². The van der Waals surface area contributed by atoms with Crippen molar-refractivity contribution in [3.63, 3.8) is 0 Å². The van der Waals surface area contributed by atoms with Gasteiger partial charge in [0.2, 0.25) is 0 Å². The number of carbonyl (C=O) groups is 1. The number of hydrogen-bond donors (Lipinski definition) is 1. The van der Waals surface area contributed by atoms with E-state index in [4.69, 9.17) is 0 Å². The van der Waals surface area contributed by atoms with Gasteiger partial charge in [0.1, 0.15) is 11.5 Å². The highest BCUT2D eigenvalue weighted by atomic mass is 32.3. The lowest BCUT2D eigenvalue weighted by molar-refractivity contribution is 0.0936. The molecule has 0 saturated heterocycles. The third-order valence-corrected chi connectivity index (χ3v) is 2.35. The molecule has 0 radical (unpaired) electrons. The molecule has 94 valence electrons. The molecular weight excluding hydrogens is 251 g/mol. The molecule has 0 bridgehead atoms. The molecule has 1 aromatic rings. The van der Waals surface area contributed by atoms with Crippen LogP contribution in [0, 0.1) is 5.92 Å². The van der Waals surface area contributed by atoms with Crippen LogP contribution in [0.3, 0.4) is 0 Å². The van der Waals surface area contributed by atoms with Crippen LogP contribution in [0.2, 0.25) is 0 Å². The summed E-state index contributed by atoms with van der Waals surface area (Å²) in [4.78, 5) is 11.6. The van der Waals surface area contributed by atoms with Gasteiger partial charge < -0.3 is 9.29 Å². The van der Waals surface area contributed by atoms with E-state index in [0.717, 1.165) is 12.1 Å². The fraction of sp³-hybridized carbons (Fsp3) is 0.300. The highest BCUT2D eigenvalue weighted by Gasteiger charge is 2.17. The van der Waals surface area contributed by atoms with Crippen LogP contribution in [0.25, 0.3) is 0 Å². The Morgan fingerprint density at radius 3 is 2.41 bits per heavy atom. The average molecular weight is 262 g/mol. The first kappa shape index (κ1) is 13.4. The van der Waals surface area contributed by atoms with Gasteiger partial charge in [0.05, 0.1) is 5.56 Å². The number of rotatable bonds is 4. The maximum absolute atomic E-state index is 12.2. The van der Waals surface area contributed by atoms with Crippen molar-refractivity contribution in [2.24, 2.45) is 5.92 Å². The third-order valence-electron chi connectivity index (χ3n) is 1.95. The van der Waals surface area contributed by atoms with Crippen molar-refractivity contribution in [1.29, 1.82) is 0 Å². The van der Waals surface area contributed by atoms with Gasteiger partial charge in [-0.15, -0.1) is 0 Å². The molecule has 0 aliphatic heterocycles. The van der Waals surface area contributed by atoms with Crippen LogP contribution in [0.5, 0.6) is 11.5 Å². The monoisotopic (exact) mass is 262 g/mol. The number of phenolic OH excluding ortho intramolecular Hbond substituents is 1. The summed E-state index contributed by atoms with van der Waals surface area (Å²) in [6.45, 7) is 3.30. The summed E-state index contributed by atoms with van der Waals surface area (Å²) in [6.07, 6.45) is 0. The average Bonchev–Trinajstić information content (AvgIpc) is 2.14. The van der Waals surface area contributed by atoms with Gasteiger partial charge in [-0.2, -0.15) is 8.42 Å². The lowest BCUT2D eigenvalue weighted by Gasteiger charge is -2.07. The largest absolute Gasteiger partial charge is 0.507 e. The maximum atomic E-state index is 12.2. The quantitative estimate of drug-likeness (QED) is 0.661. The standard InChI is InChI=1S/C10H11FO5S/c1-6(2)10(13)8-4-3-7(5-9(8)12)16-17(11,14)15/h3-6,12H,1-2H3. The van der Waals surface area contributed by atoms with Crippen LogP contribution in [0.1, 0.15) is 24.2 Å². The van der Waals surface area contributed by atoms with Crippen LogP contribution < -0.4 is 4.18 Å². The number of hydrogen-bond acceptors (Lipinski definition) is 5. The molecule has 0 aliphatic carbocycles.